The summed E-state index contributed by atoms with van der Waals surface area (Å²) in [6, 6.07) is 0.924. The van der Waals surface area contributed by atoms with Crippen LogP contribution in [0.3, 0.4) is 0 Å². The highest BCUT2D eigenvalue weighted by Gasteiger charge is 2.26. The zero-order chi connectivity index (χ0) is 18.2. The molecule has 0 unspecified atom stereocenters. The van der Waals surface area contributed by atoms with Crippen molar-refractivity contribution in [2.75, 3.05) is 0 Å². The van der Waals surface area contributed by atoms with Gasteiger partial charge in [0.2, 0.25) is 0 Å². The van der Waals surface area contributed by atoms with Gasteiger partial charge in [-0.2, -0.15) is 0 Å². The molecule has 2 atom stereocenters. The van der Waals surface area contributed by atoms with E-state index in [9.17, 15) is 9.59 Å². The lowest BCUT2D eigenvalue weighted by atomic mass is 9.91. The lowest BCUT2D eigenvalue weighted by molar-refractivity contribution is 0.214. The number of nitrogens with one attached hydrogen (secondary N) is 4. The van der Waals surface area contributed by atoms with E-state index in [0.717, 1.165) is 51.4 Å². The van der Waals surface area contributed by atoms with Gasteiger partial charge >= 0.3 is 12.1 Å². The minimum atomic E-state index is -0.0331. The van der Waals surface area contributed by atoms with Crippen LogP contribution in [0.15, 0.2) is 0 Å². The highest BCUT2D eigenvalue weighted by molar-refractivity contribution is 5.75. The van der Waals surface area contributed by atoms with Gasteiger partial charge in [-0.05, 0) is 51.4 Å². The Morgan fingerprint density at radius 2 is 0.808 bits per heavy atom. The van der Waals surface area contributed by atoms with Crippen molar-refractivity contribution in [3.05, 3.63) is 0 Å². The average Bonchev–Trinajstić information content (AvgIpc) is 2.63. The number of urea groups is 2. The molecular formula is C20H36N4O2. The van der Waals surface area contributed by atoms with Gasteiger partial charge in [-0.3, -0.25) is 0 Å². The zero-order valence-corrected chi connectivity index (χ0v) is 16.0. The first-order valence-corrected chi connectivity index (χ1v) is 10.8. The second-order valence-corrected chi connectivity index (χ2v) is 8.47. The number of hydrogen-bond acceptors (Lipinski definition) is 2. The largest absolute Gasteiger partial charge is 0.335 e. The third-order valence-electron chi connectivity index (χ3n) is 6.23. The van der Waals surface area contributed by atoms with E-state index in [1.54, 1.807) is 0 Å². The van der Waals surface area contributed by atoms with Crippen LogP contribution in [-0.4, -0.2) is 36.2 Å². The van der Waals surface area contributed by atoms with Gasteiger partial charge in [0.1, 0.15) is 0 Å². The molecule has 0 saturated heterocycles. The predicted octanol–water partition coefficient (Wildman–Crippen LogP) is 3.56. The number of carbonyl (C=O) groups is 2. The molecule has 0 heterocycles. The molecule has 6 nitrogen and oxygen atoms in total. The maximum Gasteiger partial charge on any atom is 0.315 e. The van der Waals surface area contributed by atoms with Crippen LogP contribution in [0.5, 0.6) is 0 Å². The summed E-state index contributed by atoms with van der Waals surface area (Å²) in [5.74, 6) is 0. The van der Waals surface area contributed by atoms with Gasteiger partial charge in [-0.25, -0.2) is 9.59 Å². The standard InChI is InChI=1S/C20H36N4O2/c25-19(21-15-8-3-1-4-9-15)23-17-12-7-13-18(14-17)24-20(26)22-16-10-5-2-6-11-16/h15-18H,1-14H2,(H2,21,23,25)(H2,22,24,26)/t17-,18+. The molecule has 4 N–H and O–H groups in total. The van der Waals surface area contributed by atoms with Gasteiger partial charge in [0.15, 0.2) is 0 Å². The highest BCUT2D eigenvalue weighted by atomic mass is 16.2. The first-order chi connectivity index (χ1) is 12.7. The fraction of sp³-hybridized carbons (Fsp3) is 0.900. The van der Waals surface area contributed by atoms with E-state index in [0.29, 0.717) is 12.1 Å². The molecule has 3 aliphatic rings. The third kappa shape index (κ3) is 6.36. The minimum absolute atomic E-state index is 0.0331. The molecule has 148 valence electrons. The number of rotatable bonds is 4. The summed E-state index contributed by atoms with van der Waals surface area (Å²) in [5, 5.41) is 12.5. The Morgan fingerprint density at radius 1 is 0.462 bits per heavy atom. The van der Waals surface area contributed by atoms with Crippen molar-refractivity contribution in [1.29, 1.82) is 0 Å². The summed E-state index contributed by atoms with van der Waals surface area (Å²) in [7, 11) is 0. The van der Waals surface area contributed by atoms with Crippen LogP contribution in [0.2, 0.25) is 0 Å². The second-order valence-electron chi connectivity index (χ2n) is 8.47. The third-order valence-corrected chi connectivity index (χ3v) is 6.23. The van der Waals surface area contributed by atoms with E-state index in [-0.39, 0.29) is 24.1 Å². The molecule has 26 heavy (non-hydrogen) atoms. The normalized spacial score (nSPS) is 28.2. The maximum atomic E-state index is 12.2. The van der Waals surface area contributed by atoms with E-state index >= 15 is 0 Å². The molecule has 0 spiro atoms. The van der Waals surface area contributed by atoms with Crippen molar-refractivity contribution >= 4 is 12.1 Å². The van der Waals surface area contributed by atoms with Crippen LogP contribution < -0.4 is 21.3 Å². The predicted molar refractivity (Wildman–Crippen MR) is 103 cm³/mol. The number of carbonyl (C=O) groups excluding carboxylic acids is 2. The van der Waals surface area contributed by atoms with Crippen molar-refractivity contribution in [1.82, 2.24) is 21.3 Å². The molecule has 4 amide bonds. The van der Waals surface area contributed by atoms with Gasteiger partial charge in [0, 0.05) is 24.2 Å². The molecule has 0 aromatic carbocycles. The Bertz CT molecular complexity index is 419. The highest BCUT2D eigenvalue weighted by Crippen LogP contribution is 2.20. The topological polar surface area (TPSA) is 82.3 Å². The Morgan fingerprint density at radius 3 is 1.23 bits per heavy atom. The lowest BCUT2D eigenvalue weighted by Crippen LogP contribution is -2.52. The van der Waals surface area contributed by atoms with Crippen LogP contribution in [0, 0.1) is 0 Å². The summed E-state index contributed by atoms with van der Waals surface area (Å²) in [6.07, 6.45) is 15.7. The molecule has 3 fully saturated rings. The Kier molecular flexibility index (Phi) is 7.44. The fourth-order valence-corrected chi connectivity index (χ4v) is 4.77. The Balaban J connectivity index is 1.36. The molecule has 0 aromatic rings. The SMILES string of the molecule is O=C(NC1CCCCC1)N[C@@H]1CCC[C@H](NC(=O)NC2CCCCC2)C1. The first kappa shape index (κ1) is 19.3. The van der Waals surface area contributed by atoms with Gasteiger partial charge in [-0.1, -0.05) is 38.5 Å². The zero-order valence-electron chi connectivity index (χ0n) is 16.0. The monoisotopic (exact) mass is 364 g/mol. The van der Waals surface area contributed by atoms with Crippen LogP contribution in [0.1, 0.15) is 89.9 Å². The lowest BCUT2D eigenvalue weighted by Gasteiger charge is -2.32. The van der Waals surface area contributed by atoms with Crippen LogP contribution in [0.4, 0.5) is 9.59 Å². The molecule has 3 saturated carbocycles. The second kappa shape index (κ2) is 10.0. The number of amides is 4. The number of hydrogen-bond donors (Lipinski definition) is 4. The quantitative estimate of drug-likeness (QED) is 0.615. The Hall–Kier alpha value is -1.46. The summed E-state index contributed by atoms with van der Waals surface area (Å²) in [5.41, 5.74) is 0. The first-order valence-electron chi connectivity index (χ1n) is 10.8. The van der Waals surface area contributed by atoms with Crippen molar-refractivity contribution in [3.8, 4) is 0 Å². The van der Waals surface area contributed by atoms with Crippen molar-refractivity contribution in [2.24, 2.45) is 0 Å². The summed E-state index contributed by atoms with van der Waals surface area (Å²) < 4.78 is 0. The van der Waals surface area contributed by atoms with Gasteiger partial charge in [0.05, 0.1) is 0 Å². The van der Waals surface area contributed by atoms with Crippen molar-refractivity contribution in [3.63, 3.8) is 0 Å². The molecule has 0 aliphatic heterocycles. The van der Waals surface area contributed by atoms with Crippen molar-refractivity contribution in [2.45, 2.75) is 114 Å². The smallest absolute Gasteiger partial charge is 0.315 e. The Labute approximate surface area is 157 Å². The molecule has 6 heteroatoms. The maximum absolute atomic E-state index is 12.2. The van der Waals surface area contributed by atoms with Gasteiger partial charge < -0.3 is 21.3 Å². The van der Waals surface area contributed by atoms with E-state index in [1.807, 2.05) is 0 Å². The van der Waals surface area contributed by atoms with Crippen LogP contribution in [0.25, 0.3) is 0 Å². The van der Waals surface area contributed by atoms with E-state index in [4.69, 9.17) is 0 Å². The molecule has 3 aliphatic carbocycles. The molecule has 0 radical (unpaired) electrons. The summed E-state index contributed by atoms with van der Waals surface area (Å²) >= 11 is 0. The molecule has 0 bridgehead atoms. The molecule has 3 rings (SSSR count). The minimum Gasteiger partial charge on any atom is -0.335 e. The molecule has 0 aromatic heterocycles. The van der Waals surface area contributed by atoms with E-state index < -0.39 is 0 Å². The van der Waals surface area contributed by atoms with Crippen LogP contribution >= 0.6 is 0 Å². The molecular weight excluding hydrogens is 328 g/mol. The summed E-state index contributed by atoms with van der Waals surface area (Å²) in [6.45, 7) is 0. The van der Waals surface area contributed by atoms with E-state index in [1.165, 1.54) is 38.5 Å². The van der Waals surface area contributed by atoms with Crippen LogP contribution in [-0.2, 0) is 0 Å². The van der Waals surface area contributed by atoms with Gasteiger partial charge in [0.25, 0.3) is 0 Å². The van der Waals surface area contributed by atoms with E-state index in [2.05, 4.69) is 21.3 Å². The van der Waals surface area contributed by atoms with Crippen molar-refractivity contribution < 1.29 is 9.59 Å². The average molecular weight is 365 g/mol. The fourth-order valence-electron chi connectivity index (χ4n) is 4.77. The van der Waals surface area contributed by atoms with Gasteiger partial charge in [-0.15, -0.1) is 0 Å². The summed E-state index contributed by atoms with van der Waals surface area (Å²) in [4.78, 5) is 24.5.